The molecule has 0 saturated heterocycles. The number of aromatic nitrogens is 1. The van der Waals surface area contributed by atoms with E-state index in [0.29, 0.717) is 5.56 Å². The molecule has 0 bridgehead atoms. The maximum absolute atomic E-state index is 12.6. The smallest absolute Gasteiger partial charge is 0.368 e. The van der Waals surface area contributed by atoms with Crippen molar-refractivity contribution in [3.8, 4) is 0 Å². The van der Waals surface area contributed by atoms with Crippen molar-refractivity contribution in [1.82, 2.24) is 10.3 Å². The summed E-state index contributed by atoms with van der Waals surface area (Å²) < 4.78 is 37.9. The van der Waals surface area contributed by atoms with Gasteiger partial charge in [-0.1, -0.05) is 30.3 Å². The quantitative estimate of drug-likeness (QED) is 0.706. The number of amides is 2. The Morgan fingerprint density at radius 1 is 1.07 bits per heavy atom. The Morgan fingerprint density at radius 2 is 1.75 bits per heavy atom. The standard InChI is InChI=1S/C20H16F3N3O2/c21-20(22,23)15-7-5-12(6-8-15)9-17(18(24)27)26-19(28)14-10-13-3-1-2-4-16(13)25-11-14/h1-8,10-11,17H,9H2,(H2,24,27)(H,26,28)/t17-/m0/s1. The van der Waals surface area contributed by atoms with Crippen LogP contribution in [0.2, 0.25) is 0 Å². The van der Waals surface area contributed by atoms with Gasteiger partial charge in [0.25, 0.3) is 5.91 Å². The molecule has 0 saturated carbocycles. The lowest BCUT2D eigenvalue weighted by Crippen LogP contribution is -2.45. The molecular weight excluding hydrogens is 371 g/mol. The number of pyridine rings is 1. The summed E-state index contributed by atoms with van der Waals surface area (Å²) in [7, 11) is 0. The number of halogens is 3. The third kappa shape index (κ3) is 4.46. The van der Waals surface area contributed by atoms with Crippen molar-refractivity contribution < 1.29 is 22.8 Å². The molecular formula is C20H16F3N3O2. The normalized spacial score (nSPS) is 12.5. The van der Waals surface area contributed by atoms with Crippen LogP contribution in [0.15, 0.2) is 60.8 Å². The topological polar surface area (TPSA) is 85.1 Å². The second-order valence-electron chi connectivity index (χ2n) is 6.24. The summed E-state index contributed by atoms with van der Waals surface area (Å²) in [4.78, 5) is 28.4. The van der Waals surface area contributed by atoms with Crippen molar-refractivity contribution in [2.45, 2.75) is 18.6 Å². The van der Waals surface area contributed by atoms with Gasteiger partial charge in [0.05, 0.1) is 16.6 Å². The highest BCUT2D eigenvalue weighted by atomic mass is 19.4. The summed E-state index contributed by atoms with van der Waals surface area (Å²) in [5.41, 5.74) is 5.96. The van der Waals surface area contributed by atoms with Gasteiger partial charge in [0.2, 0.25) is 5.91 Å². The summed E-state index contributed by atoms with van der Waals surface area (Å²) in [6.07, 6.45) is -3.09. The summed E-state index contributed by atoms with van der Waals surface area (Å²) >= 11 is 0. The number of para-hydroxylation sites is 1. The lowest BCUT2D eigenvalue weighted by atomic mass is 10.0. The number of primary amides is 1. The molecule has 1 heterocycles. The Hall–Kier alpha value is -3.42. The molecule has 5 nitrogen and oxygen atoms in total. The van der Waals surface area contributed by atoms with Crippen molar-refractivity contribution in [2.24, 2.45) is 5.73 Å². The third-order valence-corrected chi connectivity index (χ3v) is 4.22. The molecule has 28 heavy (non-hydrogen) atoms. The zero-order chi connectivity index (χ0) is 20.3. The number of fused-ring (bicyclic) bond motifs is 1. The van der Waals surface area contributed by atoms with Gasteiger partial charge in [-0.15, -0.1) is 0 Å². The van der Waals surface area contributed by atoms with Gasteiger partial charge in [0.15, 0.2) is 0 Å². The van der Waals surface area contributed by atoms with E-state index >= 15 is 0 Å². The molecule has 0 spiro atoms. The number of alkyl halides is 3. The van der Waals surface area contributed by atoms with Crippen LogP contribution in [0, 0.1) is 0 Å². The van der Waals surface area contributed by atoms with Crippen LogP contribution in [0.5, 0.6) is 0 Å². The number of nitrogens with zero attached hydrogens (tertiary/aromatic N) is 1. The van der Waals surface area contributed by atoms with Gasteiger partial charge in [-0.05, 0) is 29.8 Å². The molecule has 0 aliphatic carbocycles. The fourth-order valence-electron chi connectivity index (χ4n) is 2.73. The Balaban J connectivity index is 1.75. The van der Waals surface area contributed by atoms with Crippen LogP contribution in [0.1, 0.15) is 21.5 Å². The number of benzene rings is 2. The first-order valence-electron chi connectivity index (χ1n) is 8.35. The van der Waals surface area contributed by atoms with E-state index < -0.39 is 29.6 Å². The van der Waals surface area contributed by atoms with E-state index in [1.807, 2.05) is 12.1 Å². The van der Waals surface area contributed by atoms with Crippen LogP contribution in [-0.2, 0) is 17.4 Å². The zero-order valence-corrected chi connectivity index (χ0v) is 14.5. The largest absolute Gasteiger partial charge is 0.416 e. The van der Waals surface area contributed by atoms with Crippen LogP contribution < -0.4 is 11.1 Å². The third-order valence-electron chi connectivity index (χ3n) is 4.22. The molecule has 144 valence electrons. The van der Waals surface area contributed by atoms with Crippen molar-refractivity contribution in [3.63, 3.8) is 0 Å². The van der Waals surface area contributed by atoms with Gasteiger partial charge in [-0.3, -0.25) is 14.6 Å². The van der Waals surface area contributed by atoms with E-state index in [0.717, 1.165) is 23.0 Å². The first-order valence-corrected chi connectivity index (χ1v) is 8.35. The molecule has 0 aliphatic rings. The van der Waals surface area contributed by atoms with Crippen molar-refractivity contribution >= 4 is 22.7 Å². The number of nitrogens with two attached hydrogens (primary N) is 1. The monoisotopic (exact) mass is 387 g/mol. The first-order chi connectivity index (χ1) is 13.2. The minimum atomic E-state index is -4.45. The Labute approximate surface area is 158 Å². The molecule has 0 unspecified atom stereocenters. The highest BCUT2D eigenvalue weighted by molar-refractivity contribution is 5.99. The number of hydrogen-bond acceptors (Lipinski definition) is 3. The fourth-order valence-corrected chi connectivity index (χ4v) is 2.73. The van der Waals surface area contributed by atoms with E-state index in [2.05, 4.69) is 10.3 Å². The number of hydrogen-bond donors (Lipinski definition) is 2. The Morgan fingerprint density at radius 3 is 2.39 bits per heavy atom. The highest BCUT2D eigenvalue weighted by Gasteiger charge is 2.30. The van der Waals surface area contributed by atoms with E-state index in [4.69, 9.17) is 5.73 Å². The van der Waals surface area contributed by atoms with E-state index in [-0.39, 0.29) is 12.0 Å². The molecule has 3 aromatic rings. The average Bonchev–Trinajstić information content (AvgIpc) is 2.66. The van der Waals surface area contributed by atoms with Crippen LogP contribution in [0.4, 0.5) is 13.2 Å². The predicted octanol–water partition coefficient (Wildman–Crippen LogP) is 3.08. The van der Waals surface area contributed by atoms with Gasteiger partial charge in [-0.2, -0.15) is 13.2 Å². The van der Waals surface area contributed by atoms with Gasteiger partial charge in [0, 0.05) is 18.0 Å². The van der Waals surface area contributed by atoms with E-state index in [9.17, 15) is 22.8 Å². The Bertz CT molecular complexity index is 1020. The molecule has 1 atom stereocenters. The molecule has 3 rings (SSSR count). The summed E-state index contributed by atoms with van der Waals surface area (Å²) in [6.45, 7) is 0. The molecule has 0 aliphatic heterocycles. The van der Waals surface area contributed by atoms with Crippen LogP contribution >= 0.6 is 0 Å². The van der Waals surface area contributed by atoms with Gasteiger partial charge >= 0.3 is 6.18 Å². The number of carbonyl (C=O) groups excluding carboxylic acids is 2. The summed E-state index contributed by atoms with van der Waals surface area (Å²) in [5.74, 6) is -1.34. The average molecular weight is 387 g/mol. The number of carbonyl (C=O) groups is 2. The van der Waals surface area contributed by atoms with Crippen molar-refractivity contribution in [3.05, 3.63) is 77.5 Å². The summed E-state index contributed by atoms with van der Waals surface area (Å²) in [5, 5.41) is 3.27. The minimum absolute atomic E-state index is 0.0276. The molecule has 3 N–H and O–H groups in total. The molecule has 2 aromatic carbocycles. The molecule has 0 fully saturated rings. The predicted molar refractivity (Wildman–Crippen MR) is 97.3 cm³/mol. The molecule has 0 radical (unpaired) electrons. The van der Waals surface area contributed by atoms with E-state index in [1.165, 1.54) is 18.3 Å². The van der Waals surface area contributed by atoms with Gasteiger partial charge < -0.3 is 11.1 Å². The second-order valence-corrected chi connectivity index (χ2v) is 6.24. The van der Waals surface area contributed by atoms with Crippen LogP contribution in [-0.4, -0.2) is 22.8 Å². The van der Waals surface area contributed by atoms with Crippen molar-refractivity contribution in [1.29, 1.82) is 0 Å². The van der Waals surface area contributed by atoms with Crippen molar-refractivity contribution in [2.75, 3.05) is 0 Å². The second kappa shape index (κ2) is 7.67. The number of nitrogens with one attached hydrogen (secondary N) is 1. The minimum Gasteiger partial charge on any atom is -0.368 e. The number of rotatable bonds is 5. The van der Waals surface area contributed by atoms with Gasteiger partial charge in [0.1, 0.15) is 6.04 Å². The van der Waals surface area contributed by atoms with Crippen LogP contribution in [0.3, 0.4) is 0 Å². The summed E-state index contributed by atoms with van der Waals surface area (Å²) in [6, 6.07) is 12.1. The molecule has 1 aromatic heterocycles. The highest BCUT2D eigenvalue weighted by Crippen LogP contribution is 2.29. The molecule has 2 amide bonds. The zero-order valence-electron chi connectivity index (χ0n) is 14.5. The lowest BCUT2D eigenvalue weighted by molar-refractivity contribution is -0.137. The van der Waals surface area contributed by atoms with Gasteiger partial charge in [-0.25, -0.2) is 0 Å². The van der Waals surface area contributed by atoms with Crippen LogP contribution in [0.25, 0.3) is 10.9 Å². The Kier molecular flexibility index (Phi) is 5.30. The maximum Gasteiger partial charge on any atom is 0.416 e. The molecule has 8 heteroatoms. The first kappa shape index (κ1) is 19.3. The SMILES string of the molecule is NC(=O)[C@H](Cc1ccc(C(F)(F)F)cc1)NC(=O)c1cnc2ccccc2c1. The van der Waals surface area contributed by atoms with E-state index in [1.54, 1.807) is 18.2 Å². The fraction of sp³-hybridized carbons (Fsp3) is 0.150. The lowest BCUT2D eigenvalue weighted by Gasteiger charge is -2.16. The maximum atomic E-state index is 12.6.